The van der Waals surface area contributed by atoms with E-state index in [1.165, 1.54) is 0 Å². The Morgan fingerprint density at radius 2 is 2.38 bits per heavy atom. The van der Waals surface area contributed by atoms with Gasteiger partial charge in [-0.2, -0.15) is 0 Å². The molecular formula is C10H15N3. The summed E-state index contributed by atoms with van der Waals surface area (Å²) in [5, 5.41) is 0. The third-order valence-electron chi connectivity index (χ3n) is 1.63. The van der Waals surface area contributed by atoms with Crippen LogP contribution in [0.3, 0.4) is 0 Å². The molecule has 0 aliphatic rings. The number of hydrogen-bond donors (Lipinski definition) is 1. The van der Waals surface area contributed by atoms with Crippen LogP contribution in [0.2, 0.25) is 0 Å². The van der Waals surface area contributed by atoms with E-state index in [-0.39, 0.29) is 0 Å². The van der Waals surface area contributed by atoms with Crippen LogP contribution in [0.4, 0.5) is 0 Å². The molecule has 2 N–H and O–H groups in total. The summed E-state index contributed by atoms with van der Waals surface area (Å²) in [6.45, 7) is 2.89. The molecule has 0 atom stereocenters. The van der Waals surface area contributed by atoms with Gasteiger partial charge < -0.3 is 5.73 Å². The maximum atomic E-state index is 5.70. The summed E-state index contributed by atoms with van der Waals surface area (Å²) in [5.74, 6) is 0.667. The first-order chi connectivity index (χ1) is 6.33. The summed E-state index contributed by atoms with van der Waals surface area (Å²) in [6, 6.07) is 5.80. The SMILES string of the molecule is CCCN=C(N)Cc1ccccn1. The van der Waals surface area contributed by atoms with E-state index < -0.39 is 0 Å². The molecule has 0 fully saturated rings. The van der Waals surface area contributed by atoms with Crippen LogP contribution in [0.15, 0.2) is 29.4 Å². The molecule has 0 bridgehead atoms. The molecule has 70 valence electrons. The maximum Gasteiger partial charge on any atom is 0.0997 e. The number of aromatic nitrogens is 1. The molecule has 0 aromatic carbocycles. The predicted molar refractivity (Wildman–Crippen MR) is 54.7 cm³/mol. The van der Waals surface area contributed by atoms with Crippen molar-refractivity contribution in [2.24, 2.45) is 10.7 Å². The van der Waals surface area contributed by atoms with Crippen LogP contribution < -0.4 is 5.73 Å². The van der Waals surface area contributed by atoms with Gasteiger partial charge in [-0.1, -0.05) is 13.0 Å². The van der Waals surface area contributed by atoms with Gasteiger partial charge in [0.2, 0.25) is 0 Å². The molecule has 0 radical (unpaired) electrons. The highest BCUT2D eigenvalue weighted by Gasteiger charge is 1.95. The van der Waals surface area contributed by atoms with Gasteiger partial charge in [-0.25, -0.2) is 0 Å². The van der Waals surface area contributed by atoms with Crippen molar-refractivity contribution in [3.63, 3.8) is 0 Å². The van der Waals surface area contributed by atoms with Gasteiger partial charge >= 0.3 is 0 Å². The molecule has 1 heterocycles. The third-order valence-corrected chi connectivity index (χ3v) is 1.63. The van der Waals surface area contributed by atoms with E-state index in [1.807, 2.05) is 18.2 Å². The number of nitrogens with zero attached hydrogens (tertiary/aromatic N) is 2. The lowest BCUT2D eigenvalue weighted by Gasteiger charge is -1.99. The summed E-state index contributed by atoms with van der Waals surface area (Å²) < 4.78 is 0. The number of amidine groups is 1. The van der Waals surface area contributed by atoms with Crippen molar-refractivity contribution in [2.75, 3.05) is 6.54 Å². The lowest BCUT2D eigenvalue weighted by Crippen LogP contribution is -2.16. The van der Waals surface area contributed by atoms with E-state index >= 15 is 0 Å². The highest BCUT2D eigenvalue weighted by Crippen LogP contribution is 1.94. The Kier molecular flexibility index (Phi) is 3.96. The number of pyridine rings is 1. The Balaban J connectivity index is 2.50. The molecule has 0 aliphatic carbocycles. The van der Waals surface area contributed by atoms with E-state index in [2.05, 4.69) is 16.9 Å². The molecule has 0 spiro atoms. The Hall–Kier alpha value is -1.38. The van der Waals surface area contributed by atoms with Gasteiger partial charge in [0.15, 0.2) is 0 Å². The van der Waals surface area contributed by atoms with Crippen molar-refractivity contribution in [1.29, 1.82) is 0 Å². The maximum absolute atomic E-state index is 5.70. The van der Waals surface area contributed by atoms with Gasteiger partial charge in [0.05, 0.1) is 5.84 Å². The van der Waals surface area contributed by atoms with Gasteiger partial charge in [0, 0.05) is 24.9 Å². The van der Waals surface area contributed by atoms with Crippen LogP contribution in [0.1, 0.15) is 19.0 Å². The summed E-state index contributed by atoms with van der Waals surface area (Å²) in [7, 11) is 0. The second-order valence-electron chi connectivity index (χ2n) is 2.87. The summed E-state index contributed by atoms with van der Waals surface area (Å²) in [6.07, 6.45) is 3.45. The zero-order chi connectivity index (χ0) is 9.52. The normalized spacial score (nSPS) is 11.6. The summed E-state index contributed by atoms with van der Waals surface area (Å²) in [4.78, 5) is 8.36. The van der Waals surface area contributed by atoms with Crippen molar-refractivity contribution in [1.82, 2.24) is 4.98 Å². The van der Waals surface area contributed by atoms with Crippen LogP contribution in [0.25, 0.3) is 0 Å². The van der Waals surface area contributed by atoms with Gasteiger partial charge in [-0.05, 0) is 18.6 Å². The van der Waals surface area contributed by atoms with E-state index in [0.717, 1.165) is 18.7 Å². The number of hydrogen-bond acceptors (Lipinski definition) is 2. The number of aliphatic imine (C=N–C) groups is 1. The number of nitrogens with two attached hydrogens (primary N) is 1. The highest BCUT2D eigenvalue weighted by molar-refractivity contribution is 5.82. The standard InChI is InChI=1S/C10H15N3/c1-2-6-13-10(11)8-9-5-3-4-7-12-9/h3-5,7H,2,6,8H2,1H3,(H2,11,13). The quantitative estimate of drug-likeness (QED) is 0.558. The fraction of sp³-hybridized carbons (Fsp3) is 0.400. The summed E-state index contributed by atoms with van der Waals surface area (Å²) >= 11 is 0. The lowest BCUT2D eigenvalue weighted by atomic mass is 10.2. The minimum absolute atomic E-state index is 0.654. The Bertz CT molecular complexity index is 267. The van der Waals surface area contributed by atoms with Gasteiger partial charge in [-0.15, -0.1) is 0 Å². The monoisotopic (exact) mass is 177 g/mol. The lowest BCUT2D eigenvalue weighted by molar-refractivity contribution is 0.922. The first kappa shape index (κ1) is 9.71. The van der Waals surface area contributed by atoms with Crippen molar-refractivity contribution >= 4 is 5.84 Å². The average Bonchev–Trinajstić information content (AvgIpc) is 2.16. The highest BCUT2D eigenvalue weighted by atomic mass is 14.8. The molecule has 13 heavy (non-hydrogen) atoms. The first-order valence-corrected chi connectivity index (χ1v) is 4.51. The van der Waals surface area contributed by atoms with E-state index in [1.54, 1.807) is 6.20 Å². The molecule has 0 unspecified atom stereocenters. The van der Waals surface area contributed by atoms with Crippen LogP contribution in [0.5, 0.6) is 0 Å². The molecular weight excluding hydrogens is 162 g/mol. The summed E-state index contributed by atoms with van der Waals surface area (Å²) in [5.41, 5.74) is 6.67. The molecule has 0 saturated carbocycles. The van der Waals surface area contributed by atoms with Crippen molar-refractivity contribution in [3.05, 3.63) is 30.1 Å². The third kappa shape index (κ3) is 3.69. The van der Waals surface area contributed by atoms with E-state index in [4.69, 9.17) is 5.73 Å². The van der Waals surface area contributed by atoms with Crippen LogP contribution >= 0.6 is 0 Å². The minimum atomic E-state index is 0.654. The smallest absolute Gasteiger partial charge is 0.0997 e. The van der Waals surface area contributed by atoms with Gasteiger partial charge in [0.25, 0.3) is 0 Å². The fourth-order valence-corrected chi connectivity index (χ4v) is 1.000. The molecule has 0 saturated heterocycles. The average molecular weight is 177 g/mol. The Labute approximate surface area is 78.7 Å². The molecule has 3 nitrogen and oxygen atoms in total. The van der Waals surface area contributed by atoms with E-state index in [9.17, 15) is 0 Å². The molecule has 1 aromatic heterocycles. The van der Waals surface area contributed by atoms with Crippen LogP contribution in [-0.4, -0.2) is 17.4 Å². The second kappa shape index (κ2) is 5.30. The van der Waals surface area contributed by atoms with Gasteiger partial charge in [-0.3, -0.25) is 9.98 Å². The predicted octanol–water partition coefficient (Wildman–Crippen LogP) is 1.39. The second-order valence-corrected chi connectivity index (χ2v) is 2.87. The molecule has 1 rings (SSSR count). The first-order valence-electron chi connectivity index (χ1n) is 4.51. The largest absolute Gasteiger partial charge is 0.387 e. The van der Waals surface area contributed by atoms with Crippen molar-refractivity contribution in [2.45, 2.75) is 19.8 Å². The zero-order valence-electron chi connectivity index (χ0n) is 7.90. The van der Waals surface area contributed by atoms with Crippen molar-refractivity contribution < 1.29 is 0 Å². The molecule has 0 amide bonds. The van der Waals surface area contributed by atoms with Gasteiger partial charge in [0.1, 0.15) is 0 Å². The minimum Gasteiger partial charge on any atom is -0.387 e. The van der Waals surface area contributed by atoms with Crippen molar-refractivity contribution in [3.8, 4) is 0 Å². The molecule has 0 aliphatic heterocycles. The fourth-order valence-electron chi connectivity index (χ4n) is 1.000. The molecule has 3 heteroatoms. The Morgan fingerprint density at radius 1 is 1.54 bits per heavy atom. The molecule has 1 aromatic rings. The van der Waals surface area contributed by atoms with Crippen LogP contribution in [0, 0.1) is 0 Å². The van der Waals surface area contributed by atoms with E-state index in [0.29, 0.717) is 12.3 Å². The topological polar surface area (TPSA) is 51.3 Å². The number of rotatable bonds is 4. The Morgan fingerprint density at radius 3 is 3.00 bits per heavy atom. The van der Waals surface area contributed by atoms with Crippen LogP contribution in [-0.2, 0) is 6.42 Å². The zero-order valence-corrected chi connectivity index (χ0v) is 7.90.